The van der Waals surface area contributed by atoms with Crippen molar-refractivity contribution < 1.29 is 52.2 Å². The van der Waals surface area contributed by atoms with Crippen LogP contribution < -0.4 is 5.43 Å². The average molecular weight is 650 g/mol. The Labute approximate surface area is 269 Å². The number of carbonyl (C=O) groups excluding carboxylic acids is 1. The number of hydrogen-bond acceptors (Lipinski definition) is 12. The minimum Gasteiger partial charge on any atom is -0.464 e. The number of benzene rings is 1. The normalized spacial score (nSPS) is 22.4. The summed E-state index contributed by atoms with van der Waals surface area (Å²) >= 11 is 0. The lowest BCUT2D eigenvalue weighted by molar-refractivity contribution is -0.172. The van der Waals surface area contributed by atoms with E-state index in [2.05, 4.69) is 0 Å². The van der Waals surface area contributed by atoms with E-state index in [1.54, 1.807) is 35.2 Å². The fourth-order valence-electron chi connectivity index (χ4n) is 5.30. The van der Waals surface area contributed by atoms with Crippen LogP contribution in [0.25, 0.3) is 11.0 Å². The fraction of sp³-hybridized carbons (Fsp3) is 0.636. The Hall–Kier alpha value is -2.88. The Bertz CT molecular complexity index is 1250. The first-order chi connectivity index (χ1) is 22.6. The van der Waals surface area contributed by atoms with Crippen LogP contribution in [0.3, 0.4) is 0 Å². The Balaban J connectivity index is 1.59. The van der Waals surface area contributed by atoms with Gasteiger partial charge in [0.15, 0.2) is 11.2 Å². The summed E-state index contributed by atoms with van der Waals surface area (Å²) in [6.45, 7) is 7.16. The maximum absolute atomic E-state index is 14.0. The number of carbonyl (C=O) groups is 1. The first-order valence-corrected chi connectivity index (χ1v) is 16.0. The minimum absolute atomic E-state index is 0.0553. The second-order valence-corrected chi connectivity index (χ2v) is 10.7. The predicted octanol–water partition coefficient (Wildman–Crippen LogP) is 2.09. The molecule has 13 heteroatoms. The van der Waals surface area contributed by atoms with Gasteiger partial charge in [-0.05, 0) is 31.6 Å². The van der Waals surface area contributed by atoms with Gasteiger partial charge in [0.25, 0.3) is 5.91 Å². The van der Waals surface area contributed by atoms with Gasteiger partial charge in [-0.1, -0.05) is 12.1 Å². The van der Waals surface area contributed by atoms with Crippen LogP contribution in [0, 0.1) is 5.92 Å². The van der Waals surface area contributed by atoms with Crippen LogP contribution in [0.4, 0.5) is 0 Å². The minimum atomic E-state index is -0.829. The number of fused-ring (bicyclic) bond motifs is 1. The van der Waals surface area contributed by atoms with Crippen LogP contribution in [0.1, 0.15) is 24.8 Å². The molecule has 0 radical (unpaired) electrons. The van der Waals surface area contributed by atoms with Crippen LogP contribution >= 0.6 is 0 Å². The summed E-state index contributed by atoms with van der Waals surface area (Å²) in [5, 5.41) is 9.36. The van der Waals surface area contributed by atoms with Gasteiger partial charge in [0.2, 0.25) is 6.29 Å². The maximum atomic E-state index is 14.0. The molecule has 2 aliphatic heterocycles. The largest absolute Gasteiger partial charge is 0.464 e. The molecule has 1 aromatic carbocycles. The lowest BCUT2D eigenvalue weighted by Crippen LogP contribution is -2.43. The van der Waals surface area contributed by atoms with Crippen molar-refractivity contribution in [1.82, 2.24) is 4.90 Å². The van der Waals surface area contributed by atoms with E-state index in [-0.39, 0.29) is 36.2 Å². The quantitative estimate of drug-likeness (QED) is 0.336. The number of amides is 1. The van der Waals surface area contributed by atoms with Gasteiger partial charge in [-0.2, -0.15) is 0 Å². The number of hydrogen-bond donors (Lipinski definition) is 1. The summed E-state index contributed by atoms with van der Waals surface area (Å²) in [4.78, 5) is 29.4. The van der Waals surface area contributed by atoms with Crippen molar-refractivity contribution in [2.45, 2.75) is 25.6 Å². The topological polar surface area (TPSA) is 145 Å². The molecule has 1 amide bonds. The van der Waals surface area contributed by atoms with E-state index in [0.29, 0.717) is 115 Å². The van der Waals surface area contributed by atoms with E-state index in [1.807, 2.05) is 6.92 Å². The van der Waals surface area contributed by atoms with Crippen LogP contribution in [-0.4, -0.2) is 128 Å². The van der Waals surface area contributed by atoms with Gasteiger partial charge < -0.3 is 52.3 Å². The van der Waals surface area contributed by atoms with E-state index in [4.69, 9.17) is 47.4 Å². The third kappa shape index (κ3) is 10.8. The SMILES string of the molecule is CCO[C@@H]1OC(C(=O)N2CCOCCOCCOCCOCC2)=C[C@H](c2coc3ccccc3c2=O)[C@H]1CCOCCOCCO. The Morgan fingerprint density at radius 2 is 1.52 bits per heavy atom. The van der Waals surface area contributed by atoms with Gasteiger partial charge in [0.05, 0.1) is 90.9 Å². The smallest absolute Gasteiger partial charge is 0.288 e. The third-order valence-corrected chi connectivity index (χ3v) is 7.61. The molecule has 3 heterocycles. The lowest BCUT2D eigenvalue weighted by atomic mass is 9.81. The summed E-state index contributed by atoms with van der Waals surface area (Å²) in [7, 11) is 0. The van der Waals surface area contributed by atoms with E-state index < -0.39 is 12.2 Å². The number of rotatable bonds is 12. The van der Waals surface area contributed by atoms with Crippen molar-refractivity contribution >= 4 is 16.9 Å². The monoisotopic (exact) mass is 649 g/mol. The summed E-state index contributed by atoms with van der Waals surface area (Å²) < 4.78 is 51.7. The fourth-order valence-corrected chi connectivity index (χ4v) is 5.30. The number of allylic oxidation sites excluding steroid dienone is 1. The standard InChI is InChI=1S/C33H47NO12/c1-2-44-33-25(7-11-38-15-18-41-14-10-35)27(28-24-45-29-6-4-3-5-26(29)31(28)36)23-30(46-33)32(37)34-8-12-39-16-19-42-21-22-43-20-17-40-13-9-34/h3-6,23-25,27,33,35H,2,7-22H2,1H3/t25-,27+,33-/m1/s1. The number of para-hydroxylation sites is 1. The second-order valence-electron chi connectivity index (χ2n) is 10.7. The zero-order valence-electron chi connectivity index (χ0n) is 26.6. The molecule has 0 aliphatic carbocycles. The van der Waals surface area contributed by atoms with Crippen molar-refractivity contribution in [3.05, 3.63) is 58.2 Å². The second kappa shape index (κ2) is 20.4. The molecule has 1 N–H and O–H groups in total. The van der Waals surface area contributed by atoms with Gasteiger partial charge in [0, 0.05) is 43.7 Å². The molecule has 2 aliphatic rings. The van der Waals surface area contributed by atoms with Crippen LogP contribution in [0.5, 0.6) is 0 Å². The van der Waals surface area contributed by atoms with E-state index in [9.17, 15) is 9.59 Å². The molecule has 3 atom stereocenters. The Morgan fingerprint density at radius 1 is 0.891 bits per heavy atom. The first-order valence-electron chi connectivity index (χ1n) is 16.0. The zero-order chi connectivity index (χ0) is 32.4. The van der Waals surface area contributed by atoms with Gasteiger partial charge >= 0.3 is 0 Å². The molecule has 0 spiro atoms. The van der Waals surface area contributed by atoms with Crippen molar-refractivity contribution in [3.8, 4) is 0 Å². The molecule has 2 aromatic rings. The van der Waals surface area contributed by atoms with Crippen molar-refractivity contribution in [2.75, 3.05) is 106 Å². The molecule has 1 aromatic heterocycles. The molecule has 0 saturated carbocycles. The van der Waals surface area contributed by atoms with Crippen LogP contribution in [0.2, 0.25) is 0 Å². The highest BCUT2D eigenvalue weighted by Crippen LogP contribution is 2.38. The van der Waals surface area contributed by atoms with Gasteiger partial charge in [-0.15, -0.1) is 0 Å². The maximum Gasteiger partial charge on any atom is 0.288 e. The highest BCUT2D eigenvalue weighted by Gasteiger charge is 2.40. The van der Waals surface area contributed by atoms with E-state index in [1.165, 1.54) is 6.26 Å². The molecule has 1 fully saturated rings. The average Bonchev–Trinajstić information content (AvgIpc) is 3.08. The molecule has 46 heavy (non-hydrogen) atoms. The number of aliphatic hydroxyl groups excluding tert-OH is 1. The molecule has 0 unspecified atom stereocenters. The lowest BCUT2D eigenvalue weighted by Gasteiger charge is -2.37. The van der Waals surface area contributed by atoms with Crippen molar-refractivity contribution in [2.24, 2.45) is 5.92 Å². The Morgan fingerprint density at radius 3 is 2.17 bits per heavy atom. The summed E-state index contributed by atoms with van der Waals surface area (Å²) in [5.74, 6) is -1.21. The molecular weight excluding hydrogens is 602 g/mol. The highest BCUT2D eigenvalue weighted by atomic mass is 16.7. The van der Waals surface area contributed by atoms with Gasteiger partial charge in [0.1, 0.15) is 5.58 Å². The molecule has 256 valence electrons. The third-order valence-electron chi connectivity index (χ3n) is 7.61. The summed E-state index contributed by atoms with van der Waals surface area (Å²) in [6, 6.07) is 7.06. The summed E-state index contributed by atoms with van der Waals surface area (Å²) in [5.41, 5.74) is 0.692. The van der Waals surface area contributed by atoms with E-state index in [0.717, 1.165) is 0 Å². The zero-order valence-corrected chi connectivity index (χ0v) is 26.6. The van der Waals surface area contributed by atoms with Crippen LogP contribution in [0.15, 0.2) is 51.6 Å². The van der Waals surface area contributed by atoms with Gasteiger partial charge in [-0.3, -0.25) is 9.59 Å². The number of nitrogens with zero attached hydrogens (tertiary/aromatic N) is 1. The van der Waals surface area contributed by atoms with Crippen LogP contribution in [-0.2, 0) is 42.7 Å². The van der Waals surface area contributed by atoms with E-state index >= 15 is 0 Å². The molecule has 4 rings (SSSR count). The van der Waals surface area contributed by atoms with Crippen molar-refractivity contribution in [3.63, 3.8) is 0 Å². The first kappa shape index (κ1) is 36.0. The number of aliphatic hydroxyl groups is 1. The van der Waals surface area contributed by atoms with Gasteiger partial charge in [-0.25, -0.2) is 0 Å². The summed E-state index contributed by atoms with van der Waals surface area (Å²) in [6.07, 6.45) is 2.81. The Kier molecular flexibility index (Phi) is 15.9. The highest BCUT2D eigenvalue weighted by molar-refractivity contribution is 5.92. The predicted molar refractivity (Wildman–Crippen MR) is 166 cm³/mol. The number of ether oxygens (including phenoxy) is 8. The van der Waals surface area contributed by atoms with Crippen molar-refractivity contribution in [1.29, 1.82) is 0 Å². The molecule has 0 bridgehead atoms. The molecular formula is C33H47NO12. The molecule has 13 nitrogen and oxygen atoms in total. The molecule has 1 saturated heterocycles.